The lowest BCUT2D eigenvalue weighted by Crippen LogP contribution is -2.55. The fourth-order valence-electron chi connectivity index (χ4n) is 6.80. The van der Waals surface area contributed by atoms with Crippen LogP contribution in [0.25, 0.3) is 0 Å². The first-order valence-electron chi connectivity index (χ1n) is 9.50. The zero-order valence-corrected chi connectivity index (χ0v) is 14.8. The molecule has 2 N–H and O–H groups in total. The number of fused-ring (bicyclic) bond motifs is 5. The maximum absolute atomic E-state index is 10.6. The van der Waals surface area contributed by atoms with Gasteiger partial charge in [0.2, 0.25) is 0 Å². The topological polar surface area (TPSA) is 49.7 Å². The van der Waals surface area contributed by atoms with E-state index in [0.717, 1.165) is 38.5 Å². The van der Waals surface area contributed by atoms with Crippen molar-refractivity contribution in [2.75, 3.05) is 7.11 Å². The van der Waals surface area contributed by atoms with Crippen molar-refractivity contribution in [3.8, 4) is 0 Å². The van der Waals surface area contributed by atoms with Crippen LogP contribution < -0.4 is 0 Å². The molecule has 0 unspecified atom stereocenters. The van der Waals surface area contributed by atoms with Gasteiger partial charge >= 0.3 is 0 Å². The van der Waals surface area contributed by atoms with E-state index in [-0.39, 0.29) is 29.1 Å². The zero-order valence-electron chi connectivity index (χ0n) is 14.8. The molecule has 0 aliphatic heterocycles. The van der Waals surface area contributed by atoms with Crippen LogP contribution in [0.5, 0.6) is 0 Å². The summed E-state index contributed by atoms with van der Waals surface area (Å²) in [5, 5.41) is 20.7. The van der Waals surface area contributed by atoms with Crippen LogP contribution in [0.4, 0.5) is 0 Å². The van der Waals surface area contributed by atoms with Gasteiger partial charge in [0, 0.05) is 7.11 Å². The van der Waals surface area contributed by atoms with E-state index in [1.54, 1.807) is 0 Å². The summed E-state index contributed by atoms with van der Waals surface area (Å²) in [5.41, 5.74) is 1.74. The molecule has 8 atom stereocenters. The third kappa shape index (κ3) is 2.12. The molecule has 0 amide bonds. The molecule has 0 saturated heterocycles. The second-order valence-corrected chi connectivity index (χ2v) is 9.13. The van der Waals surface area contributed by atoms with Gasteiger partial charge < -0.3 is 14.9 Å². The lowest BCUT2D eigenvalue weighted by Gasteiger charge is -2.59. The average Bonchev–Trinajstić information content (AvgIpc) is 2.83. The van der Waals surface area contributed by atoms with Gasteiger partial charge in [-0.3, -0.25) is 0 Å². The first kappa shape index (κ1) is 16.1. The molecular formula is C20H32O3. The highest BCUT2D eigenvalue weighted by atomic mass is 16.5. The summed E-state index contributed by atoms with van der Waals surface area (Å²) >= 11 is 0. The lowest BCUT2D eigenvalue weighted by atomic mass is 9.47. The average molecular weight is 320 g/mol. The van der Waals surface area contributed by atoms with Crippen LogP contribution in [-0.4, -0.2) is 35.6 Å². The van der Waals surface area contributed by atoms with Crippen LogP contribution in [-0.2, 0) is 4.74 Å². The van der Waals surface area contributed by atoms with E-state index >= 15 is 0 Å². The molecule has 0 radical (unpaired) electrons. The van der Waals surface area contributed by atoms with Crippen molar-refractivity contribution in [2.24, 2.45) is 28.6 Å². The van der Waals surface area contributed by atoms with Crippen molar-refractivity contribution in [3.05, 3.63) is 11.6 Å². The van der Waals surface area contributed by atoms with Gasteiger partial charge in [-0.2, -0.15) is 0 Å². The van der Waals surface area contributed by atoms with E-state index in [2.05, 4.69) is 19.9 Å². The van der Waals surface area contributed by atoms with Gasteiger partial charge in [0.1, 0.15) is 0 Å². The first-order valence-corrected chi connectivity index (χ1v) is 9.50. The molecule has 0 bridgehead atoms. The number of aliphatic hydroxyl groups excluding tert-OH is 2. The van der Waals surface area contributed by atoms with Crippen LogP contribution in [0.3, 0.4) is 0 Å². The summed E-state index contributed by atoms with van der Waals surface area (Å²) in [6, 6.07) is 0. The minimum atomic E-state index is -0.175. The molecule has 0 aromatic carbocycles. The van der Waals surface area contributed by atoms with Crippen LogP contribution >= 0.6 is 0 Å². The van der Waals surface area contributed by atoms with Crippen LogP contribution in [0, 0.1) is 28.6 Å². The van der Waals surface area contributed by atoms with Crippen molar-refractivity contribution in [1.82, 2.24) is 0 Å². The fourth-order valence-corrected chi connectivity index (χ4v) is 6.80. The third-order valence-corrected chi connectivity index (χ3v) is 8.30. The summed E-state index contributed by atoms with van der Waals surface area (Å²) in [6.07, 6.45) is 9.46. The Labute approximate surface area is 140 Å². The Morgan fingerprint density at radius 3 is 2.57 bits per heavy atom. The number of ether oxygens (including phenoxy) is 1. The normalized spacial score (nSPS) is 55.6. The molecule has 0 spiro atoms. The predicted molar refractivity (Wildman–Crippen MR) is 89.9 cm³/mol. The van der Waals surface area contributed by atoms with Gasteiger partial charge in [0.05, 0.1) is 18.3 Å². The van der Waals surface area contributed by atoms with Crippen LogP contribution in [0.15, 0.2) is 11.6 Å². The first-order chi connectivity index (χ1) is 10.9. The summed E-state index contributed by atoms with van der Waals surface area (Å²) in [6.45, 7) is 4.74. The lowest BCUT2D eigenvalue weighted by molar-refractivity contribution is -0.113. The van der Waals surface area contributed by atoms with Gasteiger partial charge in [-0.05, 0) is 73.5 Å². The van der Waals surface area contributed by atoms with E-state index in [0.29, 0.717) is 17.8 Å². The fraction of sp³-hybridized carbons (Fsp3) is 0.900. The number of rotatable bonds is 1. The van der Waals surface area contributed by atoms with E-state index in [4.69, 9.17) is 4.74 Å². The molecule has 3 saturated carbocycles. The molecule has 3 nitrogen and oxygen atoms in total. The van der Waals surface area contributed by atoms with Gasteiger partial charge in [0.25, 0.3) is 0 Å². The monoisotopic (exact) mass is 320 g/mol. The Hall–Kier alpha value is -0.380. The summed E-state index contributed by atoms with van der Waals surface area (Å²) in [5.74, 6) is 1.74. The second-order valence-electron chi connectivity index (χ2n) is 9.13. The molecule has 0 aromatic rings. The highest BCUT2D eigenvalue weighted by molar-refractivity contribution is 5.28. The Morgan fingerprint density at radius 2 is 1.83 bits per heavy atom. The largest absolute Gasteiger partial charge is 0.393 e. The minimum absolute atomic E-state index is 0.0772. The van der Waals surface area contributed by atoms with E-state index in [1.165, 1.54) is 12.0 Å². The number of hydrogen-bond acceptors (Lipinski definition) is 3. The Balaban J connectivity index is 1.75. The predicted octanol–water partition coefficient (Wildman–Crippen LogP) is 3.30. The quantitative estimate of drug-likeness (QED) is 0.729. The third-order valence-electron chi connectivity index (χ3n) is 8.30. The Kier molecular flexibility index (Phi) is 3.72. The molecule has 3 fully saturated rings. The molecule has 4 aliphatic rings. The molecule has 0 heterocycles. The van der Waals surface area contributed by atoms with Crippen molar-refractivity contribution in [1.29, 1.82) is 0 Å². The standard InChI is InChI=1S/C20H32O3/c1-19-8-6-13(21)10-12(19)11-16(23-3)18-14-4-5-17(22)20(14,2)9-7-15(18)19/h11,13-18,21-22H,4-10H2,1-3H3/t13-,14-,15-,16-,17-,18-,19-,20-/m0/s1. The van der Waals surface area contributed by atoms with Crippen LogP contribution in [0.1, 0.15) is 58.8 Å². The molecular weight excluding hydrogens is 288 g/mol. The minimum Gasteiger partial charge on any atom is -0.393 e. The Bertz CT molecular complexity index is 515. The SMILES string of the molecule is CO[C@H]1C=C2C[C@@H](O)CC[C@]2(C)[C@H]2CC[C@]3(C)[C@@H](O)CC[C@H]3[C@H]12. The number of aliphatic hydroxyl groups is 2. The molecule has 4 rings (SSSR count). The van der Waals surface area contributed by atoms with Crippen LogP contribution in [0.2, 0.25) is 0 Å². The molecule has 0 aromatic heterocycles. The van der Waals surface area contributed by atoms with Gasteiger partial charge in [-0.25, -0.2) is 0 Å². The van der Waals surface area contributed by atoms with Crippen molar-refractivity contribution >= 4 is 0 Å². The molecule has 3 heteroatoms. The van der Waals surface area contributed by atoms with Crippen molar-refractivity contribution in [2.45, 2.75) is 77.1 Å². The molecule has 130 valence electrons. The molecule has 4 aliphatic carbocycles. The maximum Gasteiger partial charge on any atom is 0.0788 e. The maximum atomic E-state index is 10.6. The number of methoxy groups -OCH3 is 1. The summed E-state index contributed by atoms with van der Waals surface area (Å²) in [7, 11) is 1.83. The van der Waals surface area contributed by atoms with Gasteiger partial charge in [-0.15, -0.1) is 0 Å². The van der Waals surface area contributed by atoms with Crippen molar-refractivity contribution in [3.63, 3.8) is 0 Å². The summed E-state index contributed by atoms with van der Waals surface area (Å²) < 4.78 is 5.94. The zero-order chi connectivity index (χ0) is 16.4. The highest BCUT2D eigenvalue weighted by Crippen LogP contribution is 2.65. The Morgan fingerprint density at radius 1 is 1.04 bits per heavy atom. The van der Waals surface area contributed by atoms with Gasteiger partial charge in [0.15, 0.2) is 0 Å². The smallest absolute Gasteiger partial charge is 0.0788 e. The van der Waals surface area contributed by atoms with E-state index in [9.17, 15) is 10.2 Å². The van der Waals surface area contributed by atoms with E-state index < -0.39 is 0 Å². The molecule has 23 heavy (non-hydrogen) atoms. The van der Waals surface area contributed by atoms with E-state index in [1.807, 2.05) is 7.11 Å². The second kappa shape index (κ2) is 5.31. The van der Waals surface area contributed by atoms with Crippen molar-refractivity contribution < 1.29 is 14.9 Å². The van der Waals surface area contributed by atoms with Gasteiger partial charge in [-0.1, -0.05) is 25.5 Å². The summed E-state index contributed by atoms with van der Waals surface area (Å²) in [4.78, 5) is 0. The number of hydrogen-bond donors (Lipinski definition) is 2. The highest BCUT2D eigenvalue weighted by Gasteiger charge is 2.60.